The van der Waals surface area contributed by atoms with Crippen molar-refractivity contribution < 1.29 is 32.3 Å². The largest absolute Gasteiger partial charge is 0.455 e. The first kappa shape index (κ1) is 20.7. The molecule has 2 rings (SSSR count). The second-order valence-electron chi connectivity index (χ2n) is 6.35. The molecule has 9 heteroatoms. The van der Waals surface area contributed by atoms with Crippen LogP contribution in [-0.4, -0.2) is 37.6 Å². The first-order chi connectivity index (χ1) is 12.7. The van der Waals surface area contributed by atoms with Crippen molar-refractivity contribution in [1.29, 1.82) is 0 Å². The number of esters is 1. The Kier molecular flexibility index (Phi) is 6.81. The molecule has 1 saturated carbocycles. The molecule has 0 bridgehead atoms. The van der Waals surface area contributed by atoms with E-state index in [9.17, 15) is 27.6 Å². The number of alkyl halides is 3. The van der Waals surface area contributed by atoms with Gasteiger partial charge in [-0.25, -0.2) is 0 Å². The normalized spacial score (nSPS) is 19.9. The maximum atomic E-state index is 13.0. The van der Waals surface area contributed by atoms with Crippen LogP contribution in [-0.2, 0) is 14.3 Å². The van der Waals surface area contributed by atoms with Crippen LogP contribution in [0.25, 0.3) is 0 Å². The molecule has 2 N–H and O–H groups in total. The Morgan fingerprint density at radius 1 is 1.11 bits per heavy atom. The van der Waals surface area contributed by atoms with E-state index >= 15 is 0 Å². The summed E-state index contributed by atoms with van der Waals surface area (Å²) in [7, 11) is 1.49. The molecule has 1 aromatic carbocycles. The van der Waals surface area contributed by atoms with Gasteiger partial charge in [0.05, 0.1) is 11.8 Å². The number of carbonyl (C=O) groups excluding carboxylic acids is 3. The number of hydrogen-bond acceptors (Lipinski definition) is 4. The molecule has 148 valence electrons. The van der Waals surface area contributed by atoms with Gasteiger partial charge in [0, 0.05) is 18.3 Å². The molecule has 0 aliphatic heterocycles. The first-order valence-electron chi connectivity index (χ1n) is 8.57. The minimum Gasteiger partial charge on any atom is -0.455 e. The van der Waals surface area contributed by atoms with Crippen LogP contribution in [0.4, 0.5) is 18.9 Å². The summed E-state index contributed by atoms with van der Waals surface area (Å²) < 4.78 is 43.9. The van der Waals surface area contributed by atoms with Crippen LogP contribution in [0.5, 0.6) is 0 Å². The second-order valence-corrected chi connectivity index (χ2v) is 6.35. The van der Waals surface area contributed by atoms with Gasteiger partial charge in [-0.1, -0.05) is 12.8 Å². The molecule has 0 spiro atoms. The molecule has 0 heterocycles. The molecule has 1 aromatic rings. The highest BCUT2D eigenvalue weighted by molar-refractivity contribution is 5.96. The Labute approximate surface area is 154 Å². The van der Waals surface area contributed by atoms with Crippen LogP contribution in [0.1, 0.15) is 36.0 Å². The van der Waals surface area contributed by atoms with E-state index in [4.69, 9.17) is 4.74 Å². The third kappa shape index (κ3) is 5.70. The van der Waals surface area contributed by atoms with E-state index in [1.54, 1.807) is 0 Å². The molecular formula is C18H21F3N2O4. The number of hydrogen-bond donors (Lipinski definition) is 2. The van der Waals surface area contributed by atoms with Gasteiger partial charge in [-0.3, -0.25) is 14.4 Å². The van der Waals surface area contributed by atoms with Crippen molar-refractivity contribution in [1.82, 2.24) is 5.32 Å². The highest BCUT2D eigenvalue weighted by atomic mass is 19.4. The molecular weight excluding hydrogens is 365 g/mol. The Balaban J connectivity index is 1.87. The van der Waals surface area contributed by atoms with Gasteiger partial charge in [0.2, 0.25) is 0 Å². The van der Waals surface area contributed by atoms with Gasteiger partial charge in [-0.2, -0.15) is 13.2 Å². The summed E-state index contributed by atoms with van der Waals surface area (Å²) in [5, 5.41) is 4.91. The smallest absolute Gasteiger partial charge is 0.392 e. The molecule has 6 nitrogen and oxygen atoms in total. The van der Waals surface area contributed by atoms with Crippen LogP contribution < -0.4 is 10.6 Å². The van der Waals surface area contributed by atoms with Gasteiger partial charge >= 0.3 is 12.1 Å². The maximum absolute atomic E-state index is 13.0. The summed E-state index contributed by atoms with van der Waals surface area (Å²) in [4.78, 5) is 35.3. The monoisotopic (exact) mass is 386 g/mol. The Morgan fingerprint density at radius 3 is 2.33 bits per heavy atom. The quantitative estimate of drug-likeness (QED) is 0.762. The highest BCUT2D eigenvalue weighted by Crippen LogP contribution is 2.41. The minimum atomic E-state index is -4.46. The summed E-state index contributed by atoms with van der Waals surface area (Å²) in [5.74, 6) is -4.94. The molecule has 0 unspecified atom stereocenters. The predicted octanol–water partition coefficient (Wildman–Crippen LogP) is 2.90. The number of rotatable bonds is 5. The molecule has 1 aliphatic rings. The third-order valence-electron chi connectivity index (χ3n) is 4.49. The van der Waals surface area contributed by atoms with Crippen molar-refractivity contribution in [2.75, 3.05) is 19.0 Å². The van der Waals surface area contributed by atoms with Gasteiger partial charge in [0.15, 0.2) is 6.61 Å². The fraction of sp³-hybridized carbons (Fsp3) is 0.500. The summed E-state index contributed by atoms with van der Waals surface area (Å²) in [5.41, 5.74) is 0.770. The number of halogens is 3. The second kappa shape index (κ2) is 8.88. The van der Waals surface area contributed by atoms with Crippen LogP contribution in [0, 0.1) is 11.8 Å². The van der Waals surface area contributed by atoms with E-state index in [2.05, 4.69) is 10.6 Å². The van der Waals surface area contributed by atoms with Gasteiger partial charge in [0.1, 0.15) is 0 Å². The van der Waals surface area contributed by atoms with Gasteiger partial charge in [0.25, 0.3) is 11.8 Å². The zero-order valence-electron chi connectivity index (χ0n) is 14.8. The summed E-state index contributed by atoms with van der Waals surface area (Å²) in [6, 6.07) is 5.98. The van der Waals surface area contributed by atoms with Crippen molar-refractivity contribution in [2.45, 2.75) is 31.9 Å². The predicted molar refractivity (Wildman–Crippen MR) is 90.9 cm³/mol. The summed E-state index contributed by atoms with van der Waals surface area (Å²) in [6.45, 7) is -0.670. The lowest BCUT2D eigenvalue weighted by molar-refractivity contribution is -0.204. The SMILES string of the molecule is CNC(=O)c1ccc(NC(=O)COC(=O)[C@@H]2CCCC[C@@H]2C(F)(F)F)cc1. The zero-order chi connectivity index (χ0) is 20.0. The van der Waals surface area contributed by atoms with Crippen molar-refractivity contribution >= 4 is 23.5 Å². The number of anilines is 1. The van der Waals surface area contributed by atoms with E-state index in [-0.39, 0.29) is 18.7 Å². The standard InChI is InChI=1S/C18H21F3N2O4/c1-22-16(25)11-6-8-12(9-7-11)23-15(24)10-27-17(26)13-4-2-3-5-14(13)18(19,20)21/h6-9,13-14H,2-5,10H2,1H3,(H,22,25)(H,23,24)/t13-,14+/m1/s1. The minimum absolute atomic E-state index is 0.103. The molecule has 0 saturated heterocycles. The lowest BCUT2D eigenvalue weighted by Crippen LogP contribution is -2.38. The van der Waals surface area contributed by atoms with Crippen LogP contribution >= 0.6 is 0 Å². The molecule has 27 heavy (non-hydrogen) atoms. The molecule has 1 fully saturated rings. The Bertz CT molecular complexity index is 689. The third-order valence-corrected chi connectivity index (χ3v) is 4.49. The lowest BCUT2D eigenvalue weighted by Gasteiger charge is -2.31. The van der Waals surface area contributed by atoms with Crippen LogP contribution in [0.3, 0.4) is 0 Å². The average Bonchev–Trinajstić information content (AvgIpc) is 2.65. The van der Waals surface area contributed by atoms with E-state index in [0.717, 1.165) is 0 Å². The van der Waals surface area contributed by atoms with E-state index in [0.29, 0.717) is 24.1 Å². The van der Waals surface area contributed by atoms with E-state index in [1.165, 1.54) is 31.3 Å². The fourth-order valence-electron chi connectivity index (χ4n) is 3.09. The van der Waals surface area contributed by atoms with Crippen molar-refractivity contribution in [2.24, 2.45) is 11.8 Å². The average molecular weight is 386 g/mol. The number of amides is 2. The topological polar surface area (TPSA) is 84.5 Å². The molecule has 2 atom stereocenters. The highest BCUT2D eigenvalue weighted by Gasteiger charge is 2.48. The molecule has 0 aromatic heterocycles. The van der Waals surface area contributed by atoms with Crippen molar-refractivity contribution in [3.05, 3.63) is 29.8 Å². The number of benzene rings is 1. The summed E-state index contributed by atoms with van der Waals surface area (Å²) in [6.07, 6.45) is -3.52. The van der Waals surface area contributed by atoms with Crippen LogP contribution in [0.15, 0.2) is 24.3 Å². The van der Waals surface area contributed by atoms with Gasteiger partial charge in [-0.05, 0) is 37.1 Å². The lowest BCUT2D eigenvalue weighted by atomic mass is 9.79. The molecule has 2 amide bonds. The van der Waals surface area contributed by atoms with E-state index < -0.39 is 36.5 Å². The van der Waals surface area contributed by atoms with Crippen molar-refractivity contribution in [3.63, 3.8) is 0 Å². The molecule has 0 radical (unpaired) electrons. The Hall–Kier alpha value is -2.58. The van der Waals surface area contributed by atoms with Gasteiger partial charge in [-0.15, -0.1) is 0 Å². The first-order valence-corrected chi connectivity index (χ1v) is 8.57. The Morgan fingerprint density at radius 2 is 1.74 bits per heavy atom. The van der Waals surface area contributed by atoms with Crippen LogP contribution in [0.2, 0.25) is 0 Å². The summed E-state index contributed by atoms with van der Waals surface area (Å²) >= 11 is 0. The van der Waals surface area contributed by atoms with Crippen molar-refractivity contribution in [3.8, 4) is 0 Å². The van der Waals surface area contributed by atoms with E-state index in [1.807, 2.05) is 0 Å². The molecule has 1 aliphatic carbocycles. The van der Waals surface area contributed by atoms with Gasteiger partial charge < -0.3 is 15.4 Å². The fourth-order valence-corrected chi connectivity index (χ4v) is 3.09. The zero-order valence-corrected chi connectivity index (χ0v) is 14.8. The number of carbonyl (C=O) groups is 3. The maximum Gasteiger partial charge on any atom is 0.392 e. The number of ether oxygens (including phenoxy) is 1. The number of nitrogens with one attached hydrogen (secondary N) is 2.